The molecule has 2 nitrogen and oxygen atoms in total. The van der Waals surface area contributed by atoms with Gasteiger partial charge in [-0.3, -0.25) is 4.79 Å². The lowest BCUT2D eigenvalue weighted by atomic mass is 10.1. The molecular formula is C14H10BrCl2NO. The number of benzene rings is 2. The van der Waals surface area contributed by atoms with Crippen molar-refractivity contribution in [2.75, 3.05) is 5.32 Å². The van der Waals surface area contributed by atoms with Crippen LogP contribution in [-0.2, 0) is 0 Å². The predicted molar refractivity (Wildman–Crippen MR) is 83.3 cm³/mol. The van der Waals surface area contributed by atoms with Crippen LogP contribution in [0.4, 0.5) is 5.69 Å². The van der Waals surface area contributed by atoms with Crippen molar-refractivity contribution in [2.24, 2.45) is 0 Å². The highest BCUT2D eigenvalue weighted by Gasteiger charge is 2.12. The molecule has 0 bridgehead atoms. The summed E-state index contributed by atoms with van der Waals surface area (Å²) >= 11 is 15.3. The van der Waals surface area contributed by atoms with Gasteiger partial charge in [-0.05, 0) is 53.2 Å². The van der Waals surface area contributed by atoms with Crippen molar-refractivity contribution in [3.63, 3.8) is 0 Å². The van der Waals surface area contributed by atoms with Gasteiger partial charge in [0.05, 0.1) is 16.3 Å². The minimum absolute atomic E-state index is 0.236. The van der Waals surface area contributed by atoms with Crippen molar-refractivity contribution in [3.8, 4) is 0 Å². The lowest BCUT2D eigenvalue weighted by Crippen LogP contribution is -2.13. The van der Waals surface area contributed by atoms with Gasteiger partial charge in [-0.1, -0.05) is 34.8 Å². The van der Waals surface area contributed by atoms with Crippen LogP contribution < -0.4 is 5.32 Å². The Kier molecular flexibility index (Phi) is 4.50. The number of carbonyl (C=O) groups excluding carboxylic acids is 1. The highest BCUT2D eigenvalue weighted by atomic mass is 79.9. The molecule has 0 saturated carbocycles. The largest absolute Gasteiger partial charge is 0.321 e. The van der Waals surface area contributed by atoms with Gasteiger partial charge in [-0.2, -0.15) is 0 Å². The van der Waals surface area contributed by atoms with Crippen LogP contribution in [0.2, 0.25) is 10.0 Å². The number of aryl methyl sites for hydroxylation is 1. The summed E-state index contributed by atoms with van der Waals surface area (Å²) in [5.74, 6) is -0.236. The zero-order valence-corrected chi connectivity index (χ0v) is 13.1. The van der Waals surface area contributed by atoms with Gasteiger partial charge in [0.25, 0.3) is 5.91 Å². The Morgan fingerprint density at radius 3 is 2.63 bits per heavy atom. The third-order valence-corrected chi connectivity index (χ3v) is 3.80. The first-order valence-corrected chi connectivity index (χ1v) is 7.05. The second-order valence-corrected chi connectivity index (χ2v) is 5.76. The Balaban J connectivity index is 2.30. The Labute approximate surface area is 129 Å². The molecule has 0 aromatic heterocycles. The van der Waals surface area contributed by atoms with E-state index in [0.29, 0.717) is 21.3 Å². The second kappa shape index (κ2) is 5.95. The van der Waals surface area contributed by atoms with Gasteiger partial charge in [0.1, 0.15) is 0 Å². The van der Waals surface area contributed by atoms with Crippen LogP contribution in [0, 0.1) is 6.92 Å². The molecule has 0 spiro atoms. The minimum Gasteiger partial charge on any atom is -0.321 e. The molecule has 19 heavy (non-hydrogen) atoms. The average molecular weight is 359 g/mol. The Morgan fingerprint density at radius 1 is 1.16 bits per heavy atom. The number of nitrogens with one attached hydrogen (secondary N) is 1. The van der Waals surface area contributed by atoms with E-state index in [0.717, 1.165) is 10.0 Å². The summed E-state index contributed by atoms with van der Waals surface area (Å²) in [5, 5.41) is 3.71. The average Bonchev–Trinajstić information content (AvgIpc) is 2.36. The molecule has 0 aliphatic rings. The summed E-state index contributed by atoms with van der Waals surface area (Å²) in [6.45, 7) is 1.93. The zero-order chi connectivity index (χ0) is 14.0. The van der Waals surface area contributed by atoms with E-state index in [1.54, 1.807) is 24.3 Å². The topological polar surface area (TPSA) is 29.1 Å². The summed E-state index contributed by atoms with van der Waals surface area (Å²) in [6.07, 6.45) is 0. The molecule has 1 amide bonds. The predicted octanol–water partition coefficient (Wildman–Crippen LogP) is 5.32. The Bertz CT molecular complexity index is 643. The standard InChI is InChI=1S/C14H10BrCl2NO/c1-8-2-4-11(15)10(6-8)14(19)18-13-7-9(16)3-5-12(13)17/h2-7H,1H3,(H,18,19). The third-order valence-electron chi connectivity index (χ3n) is 2.54. The van der Waals surface area contributed by atoms with Gasteiger partial charge >= 0.3 is 0 Å². The quantitative estimate of drug-likeness (QED) is 0.773. The summed E-state index contributed by atoms with van der Waals surface area (Å²) < 4.78 is 0.730. The molecule has 0 atom stereocenters. The summed E-state index contributed by atoms with van der Waals surface area (Å²) in [7, 11) is 0. The van der Waals surface area contributed by atoms with Gasteiger partial charge < -0.3 is 5.32 Å². The highest BCUT2D eigenvalue weighted by molar-refractivity contribution is 9.10. The number of amides is 1. The maximum Gasteiger partial charge on any atom is 0.256 e. The van der Waals surface area contributed by atoms with Crippen LogP contribution in [0.5, 0.6) is 0 Å². The number of anilines is 1. The molecular weight excluding hydrogens is 349 g/mol. The smallest absolute Gasteiger partial charge is 0.256 e. The molecule has 98 valence electrons. The molecule has 0 radical (unpaired) electrons. The van der Waals surface area contributed by atoms with E-state index < -0.39 is 0 Å². The van der Waals surface area contributed by atoms with Gasteiger partial charge in [-0.15, -0.1) is 0 Å². The van der Waals surface area contributed by atoms with Crippen molar-refractivity contribution in [1.29, 1.82) is 0 Å². The molecule has 1 N–H and O–H groups in total. The van der Waals surface area contributed by atoms with Gasteiger partial charge in [-0.25, -0.2) is 0 Å². The minimum atomic E-state index is -0.236. The second-order valence-electron chi connectivity index (χ2n) is 4.06. The number of hydrogen-bond acceptors (Lipinski definition) is 1. The first-order chi connectivity index (χ1) is 8.97. The monoisotopic (exact) mass is 357 g/mol. The number of carbonyl (C=O) groups is 1. The van der Waals surface area contributed by atoms with Crippen LogP contribution in [0.1, 0.15) is 15.9 Å². The van der Waals surface area contributed by atoms with Gasteiger partial charge in [0.15, 0.2) is 0 Å². The van der Waals surface area contributed by atoms with Crippen molar-refractivity contribution in [1.82, 2.24) is 0 Å². The van der Waals surface area contributed by atoms with E-state index in [-0.39, 0.29) is 5.91 Å². The number of rotatable bonds is 2. The van der Waals surface area contributed by atoms with Gasteiger partial charge in [0.2, 0.25) is 0 Å². The molecule has 0 saturated heterocycles. The van der Waals surface area contributed by atoms with Crippen LogP contribution in [-0.4, -0.2) is 5.91 Å². The zero-order valence-electron chi connectivity index (χ0n) is 10.0. The highest BCUT2D eigenvalue weighted by Crippen LogP contribution is 2.27. The Hall–Kier alpha value is -1.03. The first kappa shape index (κ1) is 14.4. The van der Waals surface area contributed by atoms with Crippen molar-refractivity contribution >= 4 is 50.7 Å². The SMILES string of the molecule is Cc1ccc(Br)c(C(=O)Nc2cc(Cl)ccc2Cl)c1. The van der Waals surface area contributed by atoms with Crippen LogP contribution in [0.25, 0.3) is 0 Å². The summed E-state index contributed by atoms with van der Waals surface area (Å²) in [5.41, 5.74) is 2.05. The first-order valence-electron chi connectivity index (χ1n) is 5.50. The fourth-order valence-corrected chi connectivity index (χ4v) is 2.36. The summed E-state index contributed by atoms with van der Waals surface area (Å²) in [4.78, 5) is 12.2. The molecule has 0 fully saturated rings. The third kappa shape index (κ3) is 3.50. The van der Waals surface area contributed by atoms with E-state index in [1.165, 1.54) is 0 Å². The van der Waals surface area contributed by atoms with Crippen molar-refractivity contribution in [3.05, 3.63) is 62.0 Å². The fourth-order valence-electron chi connectivity index (χ4n) is 1.60. The van der Waals surface area contributed by atoms with Crippen LogP contribution in [0.15, 0.2) is 40.9 Å². The lowest BCUT2D eigenvalue weighted by molar-refractivity contribution is 0.102. The van der Waals surface area contributed by atoms with Crippen LogP contribution in [0.3, 0.4) is 0 Å². The number of halogens is 3. The molecule has 0 unspecified atom stereocenters. The van der Waals surface area contributed by atoms with Gasteiger partial charge in [0, 0.05) is 9.50 Å². The van der Waals surface area contributed by atoms with Crippen molar-refractivity contribution in [2.45, 2.75) is 6.92 Å². The van der Waals surface area contributed by atoms with E-state index in [2.05, 4.69) is 21.2 Å². The maximum absolute atomic E-state index is 12.2. The number of hydrogen-bond donors (Lipinski definition) is 1. The molecule has 2 aromatic carbocycles. The summed E-state index contributed by atoms with van der Waals surface area (Å²) in [6, 6.07) is 10.5. The molecule has 2 aromatic rings. The molecule has 2 rings (SSSR count). The van der Waals surface area contributed by atoms with E-state index >= 15 is 0 Å². The molecule has 5 heteroatoms. The lowest BCUT2D eigenvalue weighted by Gasteiger charge is -2.09. The Morgan fingerprint density at radius 2 is 1.89 bits per heavy atom. The molecule has 0 aliphatic heterocycles. The van der Waals surface area contributed by atoms with Crippen molar-refractivity contribution < 1.29 is 4.79 Å². The van der Waals surface area contributed by atoms with E-state index in [4.69, 9.17) is 23.2 Å². The maximum atomic E-state index is 12.2. The fraction of sp³-hybridized carbons (Fsp3) is 0.0714. The normalized spacial score (nSPS) is 10.3. The van der Waals surface area contributed by atoms with E-state index in [9.17, 15) is 4.79 Å². The molecule has 0 aliphatic carbocycles. The molecule has 0 heterocycles. The van der Waals surface area contributed by atoms with Crippen LogP contribution >= 0.6 is 39.1 Å². The van der Waals surface area contributed by atoms with E-state index in [1.807, 2.05) is 19.1 Å².